The van der Waals surface area contributed by atoms with E-state index in [1.807, 2.05) is 12.1 Å². The number of hydrogen-bond acceptors (Lipinski definition) is 3. The maximum atomic E-state index is 13.9. The van der Waals surface area contributed by atoms with Crippen LogP contribution in [0.15, 0.2) is 42.5 Å². The first kappa shape index (κ1) is 14.5. The smallest absolute Gasteiger partial charge is 0.248 e. The molecule has 0 aliphatic heterocycles. The molecule has 0 spiro atoms. The standard InChI is InChI=1S/C16H14FN3O/c1-20(15-6-5-11(9-18)8-14(15)17)10-12-3-2-4-13(7-12)16(19)21/h2-8H,10H2,1H3,(H2,19,21). The molecule has 0 radical (unpaired) electrons. The van der Waals surface area contributed by atoms with Crippen molar-refractivity contribution in [1.29, 1.82) is 5.26 Å². The minimum absolute atomic E-state index is 0.278. The van der Waals surface area contributed by atoms with Gasteiger partial charge in [0, 0.05) is 19.2 Å². The van der Waals surface area contributed by atoms with Crippen LogP contribution in [0.1, 0.15) is 21.5 Å². The van der Waals surface area contributed by atoms with Gasteiger partial charge in [-0.05, 0) is 35.9 Å². The number of primary amides is 1. The van der Waals surface area contributed by atoms with Crippen molar-refractivity contribution in [2.24, 2.45) is 5.73 Å². The van der Waals surface area contributed by atoms with E-state index in [-0.39, 0.29) is 5.56 Å². The fraction of sp³-hybridized carbons (Fsp3) is 0.125. The first-order valence-corrected chi connectivity index (χ1v) is 6.31. The van der Waals surface area contributed by atoms with E-state index < -0.39 is 11.7 Å². The zero-order valence-electron chi connectivity index (χ0n) is 11.5. The SMILES string of the molecule is CN(Cc1cccc(C(N)=O)c1)c1ccc(C#N)cc1F. The van der Waals surface area contributed by atoms with E-state index in [2.05, 4.69) is 0 Å². The second kappa shape index (κ2) is 6.06. The van der Waals surface area contributed by atoms with Crippen LogP contribution in [0.5, 0.6) is 0 Å². The quantitative estimate of drug-likeness (QED) is 0.936. The molecule has 2 aromatic rings. The van der Waals surface area contributed by atoms with Crippen molar-refractivity contribution in [2.75, 3.05) is 11.9 Å². The van der Waals surface area contributed by atoms with Crippen LogP contribution in [0.25, 0.3) is 0 Å². The molecule has 2 rings (SSSR count). The van der Waals surface area contributed by atoms with Crippen molar-refractivity contribution < 1.29 is 9.18 Å². The monoisotopic (exact) mass is 283 g/mol. The lowest BCUT2D eigenvalue weighted by molar-refractivity contribution is 0.1000. The van der Waals surface area contributed by atoms with Crippen LogP contribution in [0.4, 0.5) is 10.1 Å². The Labute approximate surface area is 122 Å². The van der Waals surface area contributed by atoms with E-state index in [1.165, 1.54) is 6.07 Å². The summed E-state index contributed by atoms with van der Waals surface area (Å²) in [5.74, 6) is -0.952. The summed E-state index contributed by atoms with van der Waals surface area (Å²) in [5, 5.41) is 8.74. The molecule has 0 saturated heterocycles. The van der Waals surface area contributed by atoms with Gasteiger partial charge in [-0.2, -0.15) is 5.26 Å². The summed E-state index contributed by atoms with van der Waals surface area (Å²) in [4.78, 5) is 12.9. The third-order valence-corrected chi connectivity index (χ3v) is 3.12. The second-order valence-corrected chi connectivity index (χ2v) is 4.70. The molecule has 2 N–H and O–H groups in total. The topological polar surface area (TPSA) is 70.1 Å². The Kier molecular flexibility index (Phi) is 4.19. The van der Waals surface area contributed by atoms with E-state index in [0.29, 0.717) is 17.8 Å². The molecule has 0 heterocycles. The summed E-state index contributed by atoms with van der Waals surface area (Å²) in [6.07, 6.45) is 0. The fourth-order valence-electron chi connectivity index (χ4n) is 2.07. The van der Waals surface area contributed by atoms with Gasteiger partial charge in [0.05, 0.1) is 17.3 Å². The molecule has 0 bridgehead atoms. The van der Waals surface area contributed by atoms with Crippen molar-refractivity contribution >= 4 is 11.6 Å². The highest BCUT2D eigenvalue weighted by molar-refractivity contribution is 5.92. The molecule has 5 heteroatoms. The first-order valence-electron chi connectivity index (χ1n) is 6.31. The highest BCUT2D eigenvalue weighted by Crippen LogP contribution is 2.21. The zero-order valence-corrected chi connectivity index (χ0v) is 11.5. The number of carbonyl (C=O) groups is 1. The van der Waals surface area contributed by atoms with Gasteiger partial charge < -0.3 is 10.6 Å². The lowest BCUT2D eigenvalue weighted by Crippen LogP contribution is -2.18. The Morgan fingerprint density at radius 2 is 2.10 bits per heavy atom. The molecule has 0 saturated carbocycles. The van der Waals surface area contributed by atoms with Crippen LogP contribution in [-0.4, -0.2) is 13.0 Å². The number of anilines is 1. The maximum absolute atomic E-state index is 13.9. The first-order chi connectivity index (χ1) is 10.0. The van der Waals surface area contributed by atoms with Crippen LogP contribution in [0, 0.1) is 17.1 Å². The van der Waals surface area contributed by atoms with E-state index >= 15 is 0 Å². The van der Waals surface area contributed by atoms with Gasteiger partial charge in [-0.1, -0.05) is 12.1 Å². The number of nitrogens with zero attached hydrogens (tertiary/aromatic N) is 2. The van der Waals surface area contributed by atoms with Gasteiger partial charge >= 0.3 is 0 Å². The number of benzene rings is 2. The minimum atomic E-state index is -0.496. The molecule has 0 atom stereocenters. The molecule has 0 unspecified atom stereocenters. The van der Waals surface area contributed by atoms with Gasteiger partial charge in [0.25, 0.3) is 0 Å². The predicted molar refractivity (Wildman–Crippen MR) is 78.2 cm³/mol. The summed E-state index contributed by atoms with van der Waals surface area (Å²) in [6, 6.07) is 13.1. The number of hydrogen-bond donors (Lipinski definition) is 1. The predicted octanol–water partition coefficient (Wildman–Crippen LogP) is 2.43. The molecule has 21 heavy (non-hydrogen) atoms. The van der Waals surface area contributed by atoms with E-state index in [9.17, 15) is 9.18 Å². The highest BCUT2D eigenvalue weighted by atomic mass is 19.1. The lowest BCUT2D eigenvalue weighted by Gasteiger charge is -2.20. The Hall–Kier alpha value is -2.87. The Morgan fingerprint density at radius 1 is 1.33 bits per heavy atom. The van der Waals surface area contributed by atoms with Gasteiger partial charge in [0.1, 0.15) is 5.82 Å². The third-order valence-electron chi connectivity index (χ3n) is 3.12. The van der Waals surface area contributed by atoms with Crippen LogP contribution in [0.2, 0.25) is 0 Å². The molecule has 2 aromatic carbocycles. The van der Waals surface area contributed by atoms with Crippen molar-refractivity contribution in [1.82, 2.24) is 0 Å². The summed E-state index contributed by atoms with van der Waals surface area (Å²) < 4.78 is 13.9. The molecule has 106 valence electrons. The largest absolute Gasteiger partial charge is 0.368 e. The lowest BCUT2D eigenvalue weighted by atomic mass is 10.1. The van der Waals surface area contributed by atoms with E-state index in [4.69, 9.17) is 11.0 Å². The highest BCUT2D eigenvalue weighted by Gasteiger charge is 2.10. The van der Waals surface area contributed by atoms with Gasteiger partial charge in [-0.25, -0.2) is 4.39 Å². The van der Waals surface area contributed by atoms with Gasteiger partial charge in [0.15, 0.2) is 0 Å². The second-order valence-electron chi connectivity index (χ2n) is 4.70. The van der Waals surface area contributed by atoms with Crippen LogP contribution >= 0.6 is 0 Å². The molecule has 0 aliphatic carbocycles. The average Bonchev–Trinajstić information content (AvgIpc) is 2.47. The Bertz CT molecular complexity index is 722. The van der Waals surface area contributed by atoms with Gasteiger partial charge in [0.2, 0.25) is 5.91 Å². The number of halogens is 1. The van der Waals surface area contributed by atoms with Crippen LogP contribution < -0.4 is 10.6 Å². The molecule has 1 amide bonds. The van der Waals surface area contributed by atoms with Gasteiger partial charge in [-0.15, -0.1) is 0 Å². The summed E-state index contributed by atoms with van der Waals surface area (Å²) in [6.45, 7) is 0.421. The molecule has 0 fully saturated rings. The van der Waals surface area contributed by atoms with Crippen molar-refractivity contribution in [2.45, 2.75) is 6.54 Å². The van der Waals surface area contributed by atoms with Crippen molar-refractivity contribution in [3.05, 3.63) is 65.0 Å². The third kappa shape index (κ3) is 3.37. The number of amides is 1. The normalized spacial score (nSPS) is 9.95. The molecule has 0 aromatic heterocycles. The van der Waals surface area contributed by atoms with Crippen LogP contribution in [-0.2, 0) is 6.54 Å². The molecule has 0 aliphatic rings. The number of nitrogens with two attached hydrogens (primary N) is 1. The molecular formula is C16H14FN3O. The van der Waals surface area contributed by atoms with Crippen molar-refractivity contribution in [3.8, 4) is 6.07 Å². The summed E-state index contributed by atoms with van der Waals surface area (Å²) in [5.41, 5.74) is 7.17. The number of nitriles is 1. The molecular weight excluding hydrogens is 269 g/mol. The maximum Gasteiger partial charge on any atom is 0.248 e. The van der Waals surface area contributed by atoms with Crippen molar-refractivity contribution in [3.63, 3.8) is 0 Å². The number of rotatable bonds is 4. The zero-order chi connectivity index (χ0) is 15.4. The average molecular weight is 283 g/mol. The van der Waals surface area contributed by atoms with E-state index in [0.717, 1.165) is 5.56 Å². The molecule has 4 nitrogen and oxygen atoms in total. The summed E-state index contributed by atoms with van der Waals surface area (Å²) in [7, 11) is 1.74. The minimum Gasteiger partial charge on any atom is -0.368 e. The summed E-state index contributed by atoms with van der Waals surface area (Å²) >= 11 is 0. The van der Waals surface area contributed by atoms with E-state index in [1.54, 1.807) is 42.3 Å². The van der Waals surface area contributed by atoms with Crippen LogP contribution in [0.3, 0.4) is 0 Å². The number of carbonyl (C=O) groups excluding carboxylic acids is 1. The van der Waals surface area contributed by atoms with Gasteiger partial charge in [-0.3, -0.25) is 4.79 Å². The Morgan fingerprint density at radius 3 is 2.71 bits per heavy atom. The fourth-order valence-corrected chi connectivity index (χ4v) is 2.07. The Balaban J connectivity index is 2.22.